The number of carbonyl (C=O) groups excluding carboxylic acids is 2. The van der Waals surface area contributed by atoms with E-state index in [1.54, 1.807) is 0 Å². The summed E-state index contributed by atoms with van der Waals surface area (Å²) in [4.78, 5) is 21.7. The number of benzene rings is 1. The summed E-state index contributed by atoms with van der Waals surface area (Å²) in [6, 6.07) is 2.84. The number of hydrogen-bond donors (Lipinski definition) is 1. The molecular formula is C10H10ClNO4. The third-order valence-electron chi connectivity index (χ3n) is 1.89. The number of hydrogen-bond acceptors (Lipinski definition) is 4. The number of rotatable bonds is 4. The second-order valence-electron chi connectivity index (χ2n) is 2.79. The number of esters is 1. The number of anilines is 1. The summed E-state index contributed by atoms with van der Waals surface area (Å²) in [5, 5.41) is 2.59. The average Bonchev–Trinajstić information content (AvgIpc) is 2.31. The molecule has 0 saturated heterocycles. The Hall–Kier alpha value is -1.75. The molecule has 6 heteroatoms. The van der Waals surface area contributed by atoms with Gasteiger partial charge in [-0.05, 0) is 12.1 Å². The molecule has 1 rings (SSSR count). The van der Waals surface area contributed by atoms with E-state index in [0.717, 1.165) is 0 Å². The lowest BCUT2D eigenvalue weighted by Gasteiger charge is -2.10. The van der Waals surface area contributed by atoms with Crippen molar-refractivity contribution in [2.75, 3.05) is 19.5 Å². The first kappa shape index (κ1) is 12.3. The first-order valence-corrected chi connectivity index (χ1v) is 4.67. The van der Waals surface area contributed by atoms with Crippen LogP contribution in [0.4, 0.5) is 5.69 Å². The second kappa shape index (κ2) is 5.37. The smallest absolute Gasteiger partial charge is 0.338 e. The van der Waals surface area contributed by atoms with Crippen molar-refractivity contribution in [3.8, 4) is 5.75 Å². The van der Waals surface area contributed by atoms with Gasteiger partial charge in [-0.3, -0.25) is 4.79 Å². The van der Waals surface area contributed by atoms with E-state index in [0.29, 0.717) is 6.41 Å². The van der Waals surface area contributed by atoms with Crippen molar-refractivity contribution in [2.24, 2.45) is 0 Å². The van der Waals surface area contributed by atoms with Crippen molar-refractivity contribution in [2.45, 2.75) is 0 Å². The molecule has 16 heavy (non-hydrogen) atoms. The highest BCUT2D eigenvalue weighted by Crippen LogP contribution is 2.33. The summed E-state index contributed by atoms with van der Waals surface area (Å²) in [6.07, 6.45) is 0.460. The highest BCUT2D eigenvalue weighted by atomic mass is 35.5. The van der Waals surface area contributed by atoms with Crippen LogP contribution < -0.4 is 10.1 Å². The van der Waals surface area contributed by atoms with Crippen LogP contribution in [0.1, 0.15) is 10.4 Å². The predicted octanol–water partition coefficient (Wildman–Crippen LogP) is 1.70. The highest BCUT2D eigenvalue weighted by Gasteiger charge is 2.14. The fraction of sp³-hybridized carbons (Fsp3) is 0.200. The fourth-order valence-electron chi connectivity index (χ4n) is 1.15. The van der Waals surface area contributed by atoms with Crippen molar-refractivity contribution in [3.63, 3.8) is 0 Å². The van der Waals surface area contributed by atoms with E-state index < -0.39 is 5.97 Å². The maximum Gasteiger partial charge on any atom is 0.338 e. The van der Waals surface area contributed by atoms with E-state index in [4.69, 9.17) is 16.3 Å². The molecule has 0 radical (unpaired) electrons. The molecule has 0 aromatic heterocycles. The zero-order valence-corrected chi connectivity index (χ0v) is 9.50. The Morgan fingerprint density at radius 1 is 1.44 bits per heavy atom. The minimum atomic E-state index is -0.538. The standard InChI is InChI=1S/C10H10ClNO4/c1-15-8-4-6(10(14)16-2)3-7(9(8)11)12-5-13/h3-5H,1-2H3,(H,12,13). The topological polar surface area (TPSA) is 64.6 Å². The summed E-state index contributed by atoms with van der Waals surface area (Å²) >= 11 is 5.91. The quantitative estimate of drug-likeness (QED) is 0.646. The molecule has 0 aliphatic carbocycles. The SMILES string of the molecule is COC(=O)c1cc(NC=O)c(Cl)c(OC)c1. The molecule has 5 nitrogen and oxygen atoms in total. The largest absolute Gasteiger partial charge is 0.495 e. The minimum absolute atomic E-state index is 0.224. The van der Waals surface area contributed by atoms with Gasteiger partial charge in [0.15, 0.2) is 0 Å². The van der Waals surface area contributed by atoms with Crippen LogP contribution in [0.15, 0.2) is 12.1 Å². The Balaban J connectivity index is 3.27. The van der Waals surface area contributed by atoms with Gasteiger partial charge in [-0.15, -0.1) is 0 Å². The lowest BCUT2D eigenvalue weighted by Crippen LogP contribution is -2.04. The molecule has 0 saturated carbocycles. The molecule has 0 aliphatic heterocycles. The maximum atomic E-state index is 11.3. The Labute approximate surface area is 97.3 Å². The fourth-order valence-corrected chi connectivity index (χ4v) is 1.39. The van der Waals surface area contributed by atoms with Gasteiger partial charge in [0.2, 0.25) is 6.41 Å². The summed E-state index contributed by atoms with van der Waals surface area (Å²) in [6.45, 7) is 0. The molecule has 0 unspecified atom stereocenters. The Morgan fingerprint density at radius 2 is 2.12 bits per heavy atom. The van der Waals surface area contributed by atoms with Crippen molar-refractivity contribution >= 4 is 29.7 Å². The number of halogens is 1. The first-order chi connectivity index (χ1) is 7.63. The van der Waals surface area contributed by atoms with Gasteiger partial charge in [-0.25, -0.2) is 4.79 Å². The van der Waals surface area contributed by atoms with E-state index in [-0.39, 0.29) is 22.0 Å². The lowest BCUT2D eigenvalue weighted by molar-refractivity contribution is -0.105. The van der Waals surface area contributed by atoms with Gasteiger partial charge in [0.25, 0.3) is 0 Å². The molecule has 0 spiro atoms. The molecular weight excluding hydrogens is 234 g/mol. The summed E-state index contributed by atoms with van der Waals surface area (Å²) < 4.78 is 9.53. The molecule has 0 heterocycles. The molecule has 0 bridgehead atoms. The van der Waals surface area contributed by atoms with Crippen LogP contribution >= 0.6 is 11.6 Å². The van der Waals surface area contributed by atoms with E-state index in [9.17, 15) is 9.59 Å². The molecule has 0 fully saturated rings. The van der Waals surface area contributed by atoms with Crippen LogP contribution in [0.2, 0.25) is 5.02 Å². The highest BCUT2D eigenvalue weighted by molar-refractivity contribution is 6.35. The van der Waals surface area contributed by atoms with Crippen LogP contribution in [0.3, 0.4) is 0 Å². The minimum Gasteiger partial charge on any atom is -0.495 e. The second-order valence-corrected chi connectivity index (χ2v) is 3.17. The molecule has 1 aromatic carbocycles. The maximum absolute atomic E-state index is 11.3. The van der Waals surface area contributed by atoms with Gasteiger partial charge in [-0.2, -0.15) is 0 Å². The van der Waals surface area contributed by atoms with Crippen molar-refractivity contribution in [3.05, 3.63) is 22.7 Å². The summed E-state index contributed by atoms with van der Waals surface area (Å²) in [5.41, 5.74) is 0.532. The van der Waals surface area contributed by atoms with Gasteiger partial charge in [0, 0.05) is 0 Å². The normalized spacial score (nSPS) is 9.44. The van der Waals surface area contributed by atoms with Gasteiger partial charge in [-0.1, -0.05) is 11.6 Å². The number of carbonyl (C=O) groups is 2. The van der Waals surface area contributed by atoms with Crippen LogP contribution in [-0.2, 0) is 9.53 Å². The summed E-state index contributed by atoms with van der Waals surface area (Å²) in [7, 11) is 2.67. The third kappa shape index (κ3) is 2.43. The molecule has 1 N–H and O–H groups in total. The predicted molar refractivity (Wildman–Crippen MR) is 59.0 cm³/mol. The van der Waals surface area contributed by atoms with Crippen LogP contribution in [0.25, 0.3) is 0 Å². The Bertz CT molecular complexity index is 420. The average molecular weight is 244 g/mol. The number of amides is 1. The number of ether oxygens (including phenoxy) is 2. The molecule has 0 aliphatic rings. The van der Waals surface area contributed by atoms with Gasteiger partial charge in [0.1, 0.15) is 10.8 Å². The summed E-state index contributed by atoms with van der Waals surface area (Å²) in [5.74, 6) is -0.252. The van der Waals surface area contributed by atoms with Gasteiger partial charge in [0.05, 0.1) is 25.5 Å². The van der Waals surface area contributed by atoms with Crippen molar-refractivity contribution in [1.29, 1.82) is 0 Å². The van der Waals surface area contributed by atoms with E-state index in [1.165, 1.54) is 26.4 Å². The number of nitrogens with one attached hydrogen (secondary N) is 1. The van der Waals surface area contributed by atoms with Gasteiger partial charge >= 0.3 is 5.97 Å². The number of methoxy groups -OCH3 is 2. The van der Waals surface area contributed by atoms with Crippen LogP contribution in [-0.4, -0.2) is 26.6 Å². The monoisotopic (exact) mass is 243 g/mol. The van der Waals surface area contributed by atoms with Crippen molar-refractivity contribution < 1.29 is 19.1 Å². The Kier molecular flexibility index (Phi) is 4.13. The van der Waals surface area contributed by atoms with Crippen molar-refractivity contribution in [1.82, 2.24) is 0 Å². The molecule has 0 atom stereocenters. The molecule has 1 amide bonds. The van der Waals surface area contributed by atoms with Crippen LogP contribution in [0.5, 0.6) is 5.75 Å². The van der Waals surface area contributed by atoms with Gasteiger partial charge < -0.3 is 14.8 Å². The third-order valence-corrected chi connectivity index (χ3v) is 2.28. The zero-order valence-electron chi connectivity index (χ0n) is 8.74. The van der Waals surface area contributed by atoms with Crippen LogP contribution in [0, 0.1) is 0 Å². The zero-order chi connectivity index (χ0) is 12.1. The first-order valence-electron chi connectivity index (χ1n) is 4.30. The van der Waals surface area contributed by atoms with E-state index >= 15 is 0 Å². The molecule has 1 aromatic rings. The van der Waals surface area contributed by atoms with E-state index in [2.05, 4.69) is 10.1 Å². The Morgan fingerprint density at radius 3 is 2.62 bits per heavy atom. The lowest BCUT2D eigenvalue weighted by atomic mass is 10.2. The van der Waals surface area contributed by atoms with E-state index in [1.807, 2.05) is 0 Å². The molecule has 86 valence electrons.